The first-order valence-corrected chi connectivity index (χ1v) is 9.95. The number of ether oxygens (including phenoxy) is 1. The van der Waals surface area contributed by atoms with Gasteiger partial charge < -0.3 is 4.74 Å². The lowest BCUT2D eigenvalue weighted by molar-refractivity contribution is 0.415. The molecule has 0 N–H and O–H groups in total. The van der Waals surface area contributed by atoms with Gasteiger partial charge in [0.1, 0.15) is 5.75 Å². The van der Waals surface area contributed by atoms with Crippen molar-refractivity contribution in [1.82, 2.24) is 0 Å². The molecular formula is C23H21OP. The van der Waals surface area contributed by atoms with E-state index in [9.17, 15) is 0 Å². The number of rotatable bonds is 5. The van der Waals surface area contributed by atoms with E-state index < -0.39 is 0 Å². The molecule has 2 aromatic rings. The summed E-state index contributed by atoms with van der Waals surface area (Å²) in [5.41, 5.74) is 2.47. The van der Waals surface area contributed by atoms with Gasteiger partial charge in [0.25, 0.3) is 0 Å². The van der Waals surface area contributed by atoms with Gasteiger partial charge in [-0.05, 0) is 60.0 Å². The second kappa shape index (κ2) is 7.25. The van der Waals surface area contributed by atoms with E-state index in [1.54, 1.807) is 17.7 Å². The van der Waals surface area contributed by atoms with Crippen molar-refractivity contribution in [3.63, 3.8) is 0 Å². The van der Waals surface area contributed by atoms with Crippen LogP contribution < -0.4 is 10.0 Å². The molecule has 2 aliphatic carbocycles. The lowest BCUT2D eigenvalue weighted by Gasteiger charge is -2.21. The third kappa shape index (κ3) is 3.38. The second-order valence-electron chi connectivity index (χ2n) is 6.19. The molecule has 1 nitrogen and oxygen atoms in total. The van der Waals surface area contributed by atoms with E-state index in [4.69, 9.17) is 4.74 Å². The summed E-state index contributed by atoms with van der Waals surface area (Å²) >= 11 is 0. The summed E-state index contributed by atoms with van der Waals surface area (Å²) < 4.78 is 5.25. The normalized spacial score (nSPS) is 15.6. The van der Waals surface area contributed by atoms with Crippen LogP contribution in [0, 0.1) is 0 Å². The SMILES string of the molecule is COc1ccc(-c2ccc(P(C3=CC=CC3)C3=CC=CC3)cc2)cc1. The summed E-state index contributed by atoms with van der Waals surface area (Å²) in [5.74, 6) is 0.894. The zero-order chi connectivity index (χ0) is 17.1. The van der Waals surface area contributed by atoms with Crippen molar-refractivity contribution in [3.8, 4) is 16.9 Å². The van der Waals surface area contributed by atoms with Crippen molar-refractivity contribution in [2.75, 3.05) is 7.11 Å². The van der Waals surface area contributed by atoms with Crippen molar-refractivity contribution < 1.29 is 4.74 Å². The molecule has 124 valence electrons. The molecule has 0 amide bonds. The van der Waals surface area contributed by atoms with Crippen LogP contribution in [0.25, 0.3) is 11.1 Å². The minimum atomic E-state index is -0.370. The van der Waals surface area contributed by atoms with Crippen LogP contribution in [0.2, 0.25) is 0 Å². The largest absolute Gasteiger partial charge is 0.497 e. The molecular weight excluding hydrogens is 323 g/mol. The predicted octanol–water partition coefficient (Wildman–Crippen LogP) is 6.16. The monoisotopic (exact) mass is 344 g/mol. The lowest BCUT2D eigenvalue weighted by Crippen LogP contribution is -2.03. The molecule has 0 aliphatic heterocycles. The van der Waals surface area contributed by atoms with Gasteiger partial charge in [-0.25, -0.2) is 0 Å². The van der Waals surface area contributed by atoms with Gasteiger partial charge in [-0.15, -0.1) is 0 Å². The van der Waals surface area contributed by atoms with Gasteiger partial charge in [0.2, 0.25) is 0 Å². The number of allylic oxidation sites excluding steroid dienone is 8. The molecule has 0 saturated carbocycles. The molecule has 0 fully saturated rings. The minimum Gasteiger partial charge on any atom is -0.497 e. The van der Waals surface area contributed by atoms with Crippen LogP contribution in [0.1, 0.15) is 12.8 Å². The summed E-state index contributed by atoms with van der Waals surface area (Å²) in [7, 11) is 1.33. The topological polar surface area (TPSA) is 9.23 Å². The molecule has 0 heterocycles. The summed E-state index contributed by atoms with van der Waals surface area (Å²) in [6.45, 7) is 0. The van der Waals surface area contributed by atoms with Gasteiger partial charge >= 0.3 is 0 Å². The van der Waals surface area contributed by atoms with Gasteiger partial charge in [0, 0.05) is 0 Å². The molecule has 2 aromatic carbocycles. The molecule has 0 unspecified atom stereocenters. The summed E-state index contributed by atoms with van der Waals surface area (Å²) in [6, 6.07) is 17.4. The Labute approximate surface area is 150 Å². The van der Waals surface area contributed by atoms with E-state index in [-0.39, 0.29) is 7.92 Å². The molecule has 0 bridgehead atoms. The van der Waals surface area contributed by atoms with Crippen LogP contribution in [0.4, 0.5) is 0 Å². The van der Waals surface area contributed by atoms with E-state index >= 15 is 0 Å². The molecule has 4 rings (SSSR count). The first kappa shape index (κ1) is 16.1. The lowest BCUT2D eigenvalue weighted by atomic mass is 10.1. The van der Waals surface area contributed by atoms with Gasteiger partial charge in [-0.2, -0.15) is 0 Å². The van der Waals surface area contributed by atoms with Crippen molar-refractivity contribution in [2.45, 2.75) is 12.8 Å². The maximum absolute atomic E-state index is 5.25. The molecule has 25 heavy (non-hydrogen) atoms. The van der Waals surface area contributed by atoms with Crippen molar-refractivity contribution in [3.05, 3.63) is 95.6 Å². The zero-order valence-electron chi connectivity index (χ0n) is 14.4. The Morgan fingerprint density at radius 2 is 1.24 bits per heavy atom. The first-order valence-electron chi connectivity index (χ1n) is 8.61. The standard InChI is InChI=1S/C23H21OP/c1-24-20-14-10-18(11-15-20)19-12-16-23(17-13-19)25(21-6-2-3-7-21)22-8-4-5-9-22/h2-6,8,10-17H,7,9H2,1H3. The summed E-state index contributed by atoms with van der Waals surface area (Å²) in [5, 5.41) is 4.56. The Morgan fingerprint density at radius 3 is 1.68 bits per heavy atom. The van der Waals surface area contributed by atoms with Gasteiger partial charge in [-0.3, -0.25) is 0 Å². The van der Waals surface area contributed by atoms with Crippen molar-refractivity contribution in [1.29, 1.82) is 0 Å². The number of benzene rings is 2. The quantitative estimate of drug-likeness (QED) is 0.591. The highest BCUT2D eigenvalue weighted by Crippen LogP contribution is 2.56. The Hall–Kier alpha value is -2.37. The van der Waals surface area contributed by atoms with Gasteiger partial charge in [0.15, 0.2) is 0 Å². The third-order valence-electron chi connectivity index (χ3n) is 4.63. The maximum Gasteiger partial charge on any atom is 0.118 e. The van der Waals surface area contributed by atoms with Crippen LogP contribution >= 0.6 is 7.92 Å². The third-order valence-corrected chi connectivity index (χ3v) is 7.25. The van der Waals surface area contributed by atoms with Crippen LogP contribution in [0.3, 0.4) is 0 Å². The number of methoxy groups -OCH3 is 1. The fraction of sp³-hybridized carbons (Fsp3) is 0.130. The van der Waals surface area contributed by atoms with E-state index in [1.807, 2.05) is 12.1 Å². The highest BCUT2D eigenvalue weighted by molar-refractivity contribution is 7.73. The predicted molar refractivity (Wildman–Crippen MR) is 109 cm³/mol. The van der Waals surface area contributed by atoms with Crippen LogP contribution in [-0.2, 0) is 0 Å². The molecule has 0 atom stereocenters. The molecule has 0 radical (unpaired) electrons. The van der Waals surface area contributed by atoms with E-state index in [0.717, 1.165) is 18.6 Å². The van der Waals surface area contributed by atoms with Gasteiger partial charge in [-0.1, -0.05) is 72.9 Å². The Kier molecular flexibility index (Phi) is 4.68. The molecule has 0 aromatic heterocycles. The smallest absolute Gasteiger partial charge is 0.118 e. The second-order valence-corrected chi connectivity index (χ2v) is 8.53. The highest BCUT2D eigenvalue weighted by Gasteiger charge is 2.21. The van der Waals surface area contributed by atoms with Crippen LogP contribution in [0.15, 0.2) is 95.6 Å². The highest BCUT2D eigenvalue weighted by atomic mass is 31.1. The van der Waals surface area contributed by atoms with Crippen molar-refractivity contribution in [2.24, 2.45) is 0 Å². The van der Waals surface area contributed by atoms with E-state index in [0.29, 0.717) is 0 Å². The summed E-state index contributed by atoms with van der Waals surface area (Å²) in [6.07, 6.45) is 15.7. The maximum atomic E-state index is 5.25. The van der Waals surface area contributed by atoms with Crippen LogP contribution in [-0.4, -0.2) is 7.11 Å². The zero-order valence-corrected chi connectivity index (χ0v) is 15.2. The van der Waals surface area contributed by atoms with E-state index in [2.05, 4.69) is 72.9 Å². The summed E-state index contributed by atoms with van der Waals surface area (Å²) in [4.78, 5) is 0. The van der Waals surface area contributed by atoms with Gasteiger partial charge in [0.05, 0.1) is 7.11 Å². The Morgan fingerprint density at radius 1 is 0.720 bits per heavy atom. The average Bonchev–Trinajstić information content (AvgIpc) is 3.38. The first-order chi connectivity index (χ1) is 12.3. The molecule has 0 saturated heterocycles. The fourth-order valence-electron chi connectivity index (χ4n) is 3.31. The molecule has 2 aliphatic rings. The number of hydrogen-bond acceptors (Lipinski definition) is 1. The average molecular weight is 344 g/mol. The fourth-order valence-corrected chi connectivity index (χ4v) is 5.83. The van der Waals surface area contributed by atoms with Crippen LogP contribution in [0.5, 0.6) is 5.75 Å². The number of hydrogen-bond donors (Lipinski definition) is 0. The molecule has 2 heteroatoms. The minimum absolute atomic E-state index is 0.370. The Bertz CT molecular complexity index is 837. The Balaban J connectivity index is 1.62. The molecule has 0 spiro atoms. The van der Waals surface area contributed by atoms with Crippen molar-refractivity contribution >= 4 is 13.2 Å². The van der Waals surface area contributed by atoms with E-state index in [1.165, 1.54) is 16.4 Å².